The van der Waals surface area contributed by atoms with E-state index in [0.29, 0.717) is 0 Å². The molecule has 2 atom stereocenters. The van der Waals surface area contributed by atoms with E-state index in [1.54, 1.807) is 0 Å². The van der Waals surface area contributed by atoms with Gasteiger partial charge in [0.1, 0.15) is 5.82 Å². The van der Waals surface area contributed by atoms with Crippen LogP contribution in [0.3, 0.4) is 0 Å². The van der Waals surface area contributed by atoms with E-state index in [1.165, 1.54) is 31.2 Å². The highest BCUT2D eigenvalue weighted by molar-refractivity contribution is 5.37. The Morgan fingerprint density at radius 3 is 2.38 bits per heavy atom. The first kappa shape index (κ1) is 14.8. The average molecular weight is 287 g/mol. The van der Waals surface area contributed by atoms with Crippen LogP contribution in [0.4, 0.5) is 5.82 Å². The largest absolute Gasteiger partial charge is 0.370 e. The van der Waals surface area contributed by atoms with Crippen molar-refractivity contribution in [3.05, 3.63) is 23.9 Å². The first-order chi connectivity index (χ1) is 9.93. The molecule has 1 aromatic rings. The summed E-state index contributed by atoms with van der Waals surface area (Å²) in [5.74, 6) is 1.83. The highest BCUT2D eigenvalue weighted by Gasteiger charge is 2.38. The van der Waals surface area contributed by atoms with Crippen LogP contribution in [0.1, 0.15) is 52.0 Å². The lowest BCUT2D eigenvalue weighted by molar-refractivity contribution is 0.139. The molecule has 1 aromatic heterocycles. The summed E-state index contributed by atoms with van der Waals surface area (Å²) in [5, 5.41) is 3.55. The molecule has 116 valence electrons. The molecule has 0 aliphatic carbocycles. The standard InChI is InChI=1S/C18H29N3/c1-18(2,3)14-5-8-17(20-12-14)19-11-13-9-15-6-7-16(10-13)21(15)4/h5,8,12-13,15-16H,6-7,9-11H2,1-4H3,(H,19,20). The number of nitrogens with zero attached hydrogens (tertiary/aromatic N) is 2. The molecule has 21 heavy (non-hydrogen) atoms. The zero-order valence-electron chi connectivity index (χ0n) is 13.9. The SMILES string of the molecule is CN1C2CCC1CC(CNc1ccc(C(C)(C)C)cn1)C2. The van der Waals surface area contributed by atoms with Gasteiger partial charge in [-0.25, -0.2) is 4.98 Å². The summed E-state index contributed by atoms with van der Waals surface area (Å²) in [6.07, 6.45) is 7.51. The van der Waals surface area contributed by atoms with Gasteiger partial charge in [-0.3, -0.25) is 0 Å². The second-order valence-electron chi connectivity index (χ2n) is 7.95. The molecule has 0 aromatic carbocycles. The number of hydrogen-bond donors (Lipinski definition) is 1. The van der Waals surface area contributed by atoms with Crippen molar-refractivity contribution in [2.75, 3.05) is 18.9 Å². The number of hydrogen-bond acceptors (Lipinski definition) is 3. The van der Waals surface area contributed by atoms with Gasteiger partial charge in [-0.05, 0) is 55.7 Å². The smallest absolute Gasteiger partial charge is 0.125 e. The molecule has 2 unspecified atom stereocenters. The van der Waals surface area contributed by atoms with Gasteiger partial charge in [0, 0.05) is 24.8 Å². The molecular formula is C18H29N3. The fourth-order valence-corrected chi connectivity index (χ4v) is 3.88. The van der Waals surface area contributed by atoms with Crippen LogP contribution < -0.4 is 5.32 Å². The number of anilines is 1. The maximum atomic E-state index is 4.58. The van der Waals surface area contributed by atoms with Gasteiger partial charge in [-0.1, -0.05) is 26.8 Å². The van der Waals surface area contributed by atoms with E-state index in [0.717, 1.165) is 30.4 Å². The van der Waals surface area contributed by atoms with Gasteiger partial charge < -0.3 is 10.2 Å². The van der Waals surface area contributed by atoms with E-state index in [2.05, 4.69) is 55.2 Å². The Balaban J connectivity index is 1.54. The van der Waals surface area contributed by atoms with Gasteiger partial charge in [-0.2, -0.15) is 0 Å². The Morgan fingerprint density at radius 1 is 1.19 bits per heavy atom. The van der Waals surface area contributed by atoms with Crippen LogP contribution in [-0.4, -0.2) is 35.6 Å². The lowest BCUT2D eigenvalue weighted by atomic mass is 9.88. The van der Waals surface area contributed by atoms with Crippen molar-refractivity contribution < 1.29 is 0 Å². The van der Waals surface area contributed by atoms with E-state index < -0.39 is 0 Å². The third kappa shape index (κ3) is 3.23. The van der Waals surface area contributed by atoms with Crippen molar-refractivity contribution >= 4 is 5.82 Å². The molecular weight excluding hydrogens is 258 g/mol. The molecule has 2 fully saturated rings. The zero-order valence-corrected chi connectivity index (χ0v) is 13.9. The van der Waals surface area contributed by atoms with Crippen molar-refractivity contribution in [2.24, 2.45) is 5.92 Å². The van der Waals surface area contributed by atoms with Crippen LogP contribution in [-0.2, 0) is 5.41 Å². The van der Waals surface area contributed by atoms with Crippen molar-refractivity contribution in [3.8, 4) is 0 Å². The molecule has 1 N–H and O–H groups in total. The Hall–Kier alpha value is -1.09. The fraction of sp³-hybridized carbons (Fsp3) is 0.722. The number of nitrogens with one attached hydrogen (secondary N) is 1. The van der Waals surface area contributed by atoms with Crippen LogP contribution in [0.25, 0.3) is 0 Å². The lowest BCUT2D eigenvalue weighted by Crippen LogP contribution is -2.41. The highest BCUT2D eigenvalue weighted by atomic mass is 15.2. The minimum Gasteiger partial charge on any atom is -0.370 e. The van der Waals surface area contributed by atoms with Gasteiger partial charge in [-0.15, -0.1) is 0 Å². The Bertz CT molecular complexity index is 460. The molecule has 0 saturated carbocycles. The first-order valence-electron chi connectivity index (χ1n) is 8.36. The molecule has 3 heterocycles. The van der Waals surface area contributed by atoms with Crippen molar-refractivity contribution in [1.82, 2.24) is 9.88 Å². The topological polar surface area (TPSA) is 28.2 Å². The quantitative estimate of drug-likeness (QED) is 0.919. The Morgan fingerprint density at radius 2 is 1.86 bits per heavy atom. The number of pyridine rings is 1. The number of rotatable bonds is 3. The van der Waals surface area contributed by atoms with E-state index in [9.17, 15) is 0 Å². The second-order valence-corrected chi connectivity index (χ2v) is 7.95. The summed E-state index contributed by atoms with van der Waals surface area (Å²) in [5.41, 5.74) is 1.48. The van der Waals surface area contributed by atoms with E-state index >= 15 is 0 Å². The molecule has 2 aliphatic rings. The van der Waals surface area contributed by atoms with Crippen LogP contribution >= 0.6 is 0 Å². The molecule has 0 spiro atoms. The summed E-state index contributed by atoms with van der Waals surface area (Å²) in [7, 11) is 2.30. The van der Waals surface area contributed by atoms with Crippen molar-refractivity contribution in [1.29, 1.82) is 0 Å². The molecule has 2 aliphatic heterocycles. The Labute approximate surface area is 129 Å². The predicted molar refractivity (Wildman–Crippen MR) is 88.7 cm³/mol. The van der Waals surface area contributed by atoms with E-state index in [-0.39, 0.29) is 5.41 Å². The third-order valence-electron chi connectivity index (χ3n) is 5.40. The number of fused-ring (bicyclic) bond motifs is 2. The summed E-state index contributed by atoms with van der Waals surface area (Å²) in [4.78, 5) is 7.18. The van der Waals surface area contributed by atoms with Crippen LogP contribution in [0.5, 0.6) is 0 Å². The van der Waals surface area contributed by atoms with Gasteiger partial charge in [0.2, 0.25) is 0 Å². The zero-order chi connectivity index (χ0) is 15.0. The molecule has 0 amide bonds. The highest BCUT2D eigenvalue weighted by Crippen LogP contribution is 2.37. The van der Waals surface area contributed by atoms with Crippen LogP contribution in [0, 0.1) is 5.92 Å². The fourth-order valence-electron chi connectivity index (χ4n) is 3.88. The van der Waals surface area contributed by atoms with Crippen molar-refractivity contribution in [3.63, 3.8) is 0 Å². The minimum atomic E-state index is 0.179. The van der Waals surface area contributed by atoms with E-state index in [4.69, 9.17) is 0 Å². The molecule has 3 rings (SSSR count). The summed E-state index contributed by atoms with van der Waals surface area (Å²) in [6, 6.07) is 5.98. The maximum absolute atomic E-state index is 4.58. The lowest BCUT2D eigenvalue weighted by Gasteiger charge is -2.36. The molecule has 2 bridgehead atoms. The van der Waals surface area contributed by atoms with Gasteiger partial charge in [0.05, 0.1) is 0 Å². The summed E-state index contributed by atoms with van der Waals surface area (Å²) < 4.78 is 0. The monoisotopic (exact) mass is 287 g/mol. The van der Waals surface area contributed by atoms with Gasteiger partial charge in [0.15, 0.2) is 0 Å². The minimum absolute atomic E-state index is 0.179. The second kappa shape index (κ2) is 5.60. The van der Waals surface area contributed by atoms with Crippen LogP contribution in [0.15, 0.2) is 18.3 Å². The first-order valence-corrected chi connectivity index (χ1v) is 8.36. The third-order valence-corrected chi connectivity index (χ3v) is 5.40. The normalized spacial score (nSPS) is 29.6. The Kier molecular flexibility index (Phi) is 3.96. The van der Waals surface area contributed by atoms with Crippen molar-refractivity contribution in [2.45, 2.75) is 64.0 Å². The molecule has 2 saturated heterocycles. The average Bonchev–Trinajstić information content (AvgIpc) is 2.66. The molecule has 3 nitrogen and oxygen atoms in total. The molecule has 0 radical (unpaired) electrons. The van der Waals surface area contributed by atoms with Crippen LogP contribution in [0.2, 0.25) is 0 Å². The number of aromatic nitrogens is 1. The number of piperidine rings is 1. The maximum Gasteiger partial charge on any atom is 0.125 e. The predicted octanol–water partition coefficient (Wildman–Crippen LogP) is 3.66. The van der Waals surface area contributed by atoms with E-state index in [1.807, 2.05) is 6.20 Å². The summed E-state index contributed by atoms with van der Waals surface area (Å²) in [6.45, 7) is 7.75. The van der Waals surface area contributed by atoms with Gasteiger partial charge in [0.25, 0.3) is 0 Å². The van der Waals surface area contributed by atoms with Gasteiger partial charge >= 0.3 is 0 Å². The summed E-state index contributed by atoms with van der Waals surface area (Å²) >= 11 is 0. The molecule has 3 heteroatoms.